The Balaban J connectivity index is 1.66. The van der Waals surface area contributed by atoms with Crippen LogP contribution in [0, 0.1) is 11.8 Å². The number of aromatic nitrogens is 3. The summed E-state index contributed by atoms with van der Waals surface area (Å²) in [6.07, 6.45) is 5.12. The summed E-state index contributed by atoms with van der Waals surface area (Å²) in [5, 5.41) is 13.6. The normalized spacial score (nSPS) is 21.2. The second-order valence-corrected chi connectivity index (χ2v) is 6.54. The Morgan fingerprint density at radius 1 is 1.12 bits per heavy atom. The highest BCUT2D eigenvalue weighted by atomic mass is 16.2. The Kier molecular flexibility index (Phi) is 5.03. The molecule has 6 nitrogen and oxygen atoms in total. The van der Waals surface area contributed by atoms with E-state index in [-0.39, 0.29) is 18.0 Å². The summed E-state index contributed by atoms with van der Waals surface area (Å²) in [7, 11) is 0. The molecule has 2 atom stereocenters. The number of hydrogen-bond acceptors (Lipinski definition) is 4. The molecular weight excluding hydrogens is 302 g/mol. The third-order valence-corrected chi connectivity index (χ3v) is 4.70. The lowest BCUT2D eigenvalue weighted by Crippen LogP contribution is -2.47. The van der Waals surface area contributed by atoms with Gasteiger partial charge >= 0.3 is 6.03 Å². The fourth-order valence-electron chi connectivity index (χ4n) is 3.36. The maximum atomic E-state index is 12.3. The maximum absolute atomic E-state index is 12.3. The molecular formula is C18H23N5O. The van der Waals surface area contributed by atoms with Crippen LogP contribution in [0.1, 0.15) is 33.1 Å². The summed E-state index contributed by atoms with van der Waals surface area (Å²) in [6.45, 7) is 4.38. The molecule has 3 rings (SSSR count). The van der Waals surface area contributed by atoms with Crippen LogP contribution in [0.25, 0.3) is 11.3 Å². The van der Waals surface area contributed by atoms with Gasteiger partial charge < -0.3 is 5.32 Å². The van der Waals surface area contributed by atoms with Crippen LogP contribution in [0.2, 0.25) is 0 Å². The number of nitrogens with zero attached hydrogens (tertiary/aromatic N) is 3. The zero-order chi connectivity index (χ0) is 16.9. The average molecular weight is 325 g/mol. The van der Waals surface area contributed by atoms with Gasteiger partial charge in [0.15, 0.2) is 0 Å². The molecule has 0 radical (unpaired) electrons. The molecule has 1 aromatic heterocycles. The highest BCUT2D eigenvalue weighted by Crippen LogP contribution is 2.28. The van der Waals surface area contributed by atoms with Crippen molar-refractivity contribution in [2.45, 2.75) is 39.2 Å². The van der Waals surface area contributed by atoms with Gasteiger partial charge in [-0.15, -0.1) is 5.10 Å². The lowest BCUT2D eigenvalue weighted by molar-refractivity contribution is 0.201. The summed E-state index contributed by atoms with van der Waals surface area (Å²) in [5.74, 6) is 1.17. The summed E-state index contributed by atoms with van der Waals surface area (Å²) in [4.78, 5) is 16.7. The molecule has 1 aliphatic rings. The lowest BCUT2D eigenvalue weighted by Gasteiger charge is -2.34. The molecule has 0 saturated heterocycles. The van der Waals surface area contributed by atoms with Crippen molar-refractivity contribution in [1.82, 2.24) is 20.5 Å². The number of rotatable bonds is 3. The van der Waals surface area contributed by atoms with Crippen LogP contribution in [0.15, 0.2) is 36.5 Å². The van der Waals surface area contributed by atoms with Crippen LogP contribution in [-0.2, 0) is 0 Å². The molecule has 0 bridgehead atoms. The van der Waals surface area contributed by atoms with Gasteiger partial charge in [-0.1, -0.05) is 50.6 Å². The van der Waals surface area contributed by atoms with Crippen molar-refractivity contribution in [3.8, 4) is 11.3 Å². The zero-order valence-electron chi connectivity index (χ0n) is 14.1. The van der Waals surface area contributed by atoms with E-state index in [4.69, 9.17) is 0 Å². The number of carbonyl (C=O) groups excluding carboxylic acids is 1. The smallest absolute Gasteiger partial charge is 0.321 e. The predicted octanol–water partition coefficient (Wildman–Crippen LogP) is 3.48. The molecule has 2 aromatic rings. The van der Waals surface area contributed by atoms with E-state index in [2.05, 4.69) is 39.7 Å². The molecule has 1 fully saturated rings. The highest BCUT2D eigenvalue weighted by Gasteiger charge is 2.29. The van der Waals surface area contributed by atoms with Gasteiger partial charge in [-0.05, 0) is 24.7 Å². The Morgan fingerprint density at radius 3 is 2.54 bits per heavy atom. The number of nitrogens with one attached hydrogen (secondary N) is 2. The second-order valence-electron chi connectivity index (χ2n) is 6.54. The molecule has 24 heavy (non-hydrogen) atoms. The van der Waals surface area contributed by atoms with Crippen molar-refractivity contribution >= 4 is 12.0 Å². The first-order chi connectivity index (χ1) is 11.6. The van der Waals surface area contributed by atoms with Gasteiger partial charge in [0.25, 0.3) is 5.95 Å². The van der Waals surface area contributed by atoms with Crippen molar-refractivity contribution in [2.24, 2.45) is 11.8 Å². The monoisotopic (exact) mass is 325 g/mol. The quantitative estimate of drug-likeness (QED) is 0.905. The molecule has 6 heteroatoms. The minimum atomic E-state index is -0.271. The third kappa shape index (κ3) is 3.88. The number of hydrogen-bond donors (Lipinski definition) is 2. The van der Waals surface area contributed by atoms with Gasteiger partial charge in [0.1, 0.15) is 0 Å². The average Bonchev–Trinajstić information content (AvgIpc) is 2.59. The van der Waals surface area contributed by atoms with Gasteiger partial charge in [-0.2, -0.15) is 5.10 Å². The molecule has 2 N–H and O–H groups in total. The van der Waals surface area contributed by atoms with E-state index in [1.165, 1.54) is 6.42 Å². The first-order valence-corrected chi connectivity index (χ1v) is 8.46. The third-order valence-electron chi connectivity index (χ3n) is 4.70. The topological polar surface area (TPSA) is 79.8 Å². The number of amides is 2. The zero-order valence-corrected chi connectivity index (χ0v) is 14.1. The second kappa shape index (κ2) is 7.38. The van der Waals surface area contributed by atoms with Crippen molar-refractivity contribution in [3.63, 3.8) is 0 Å². The van der Waals surface area contributed by atoms with Crippen LogP contribution in [0.3, 0.4) is 0 Å². The standard InChI is InChI=1S/C18H23N5O/c1-12-7-6-8-13(2)16(12)21-18(24)22-17-20-15(11-19-23-17)14-9-4-3-5-10-14/h3-5,9-13,16H,6-8H2,1-2H3,(H2,20,21,22,23,24)/t12-,13-/m0/s1. The first kappa shape index (κ1) is 16.4. The summed E-state index contributed by atoms with van der Waals surface area (Å²) >= 11 is 0. The van der Waals surface area contributed by atoms with E-state index >= 15 is 0 Å². The minimum absolute atomic E-state index is 0.184. The Hall–Kier alpha value is -2.50. The van der Waals surface area contributed by atoms with Gasteiger partial charge in [0, 0.05) is 11.6 Å². The molecule has 1 saturated carbocycles. The van der Waals surface area contributed by atoms with Crippen molar-refractivity contribution in [2.75, 3.05) is 5.32 Å². The van der Waals surface area contributed by atoms with E-state index in [0.717, 1.165) is 18.4 Å². The van der Waals surface area contributed by atoms with E-state index in [0.29, 0.717) is 17.5 Å². The van der Waals surface area contributed by atoms with Gasteiger partial charge in [0.2, 0.25) is 0 Å². The predicted molar refractivity (Wildman–Crippen MR) is 93.4 cm³/mol. The van der Waals surface area contributed by atoms with E-state index in [9.17, 15) is 4.79 Å². The number of carbonyl (C=O) groups is 1. The van der Waals surface area contributed by atoms with Gasteiger partial charge in [0.05, 0.1) is 11.9 Å². The summed E-state index contributed by atoms with van der Waals surface area (Å²) < 4.78 is 0. The van der Waals surface area contributed by atoms with Crippen molar-refractivity contribution in [1.29, 1.82) is 0 Å². The number of urea groups is 1. The lowest BCUT2D eigenvalue weighted by atomic mass is 9.79. The Labute approximate surface area is 142 Å². The largest absolute Gasteiger partial charge is 0.335 e. The summed E-state index contributed by atoms with van der Waals surface area (Å²) in [5.41, 5.74) is 1.62. The minimum Gasteiger partial charge on any atom is -0.335 e. The number of anilines is 1. The molecule has 0 aliphatic heterocycles. The first-order valence-electron chi connectivity index (χ1n) is 8.46. The van der Waals surface area contributed by atoms with Crippen LogP contribution in [0.4, 0.5) is 10.7 Å². The molecule has 1 heterocycles. The van der Waals surface area contributed by atoms with E-state index in [1.807, 2.05) is 30.3 Å². The van der Waals surface area contributed by atoms with Crippen LogP contribution in [0.5, 0.6) is 0 Å². The van der Waals surface area contributed by atoms with Gasteiger partial charge in [-0.3, -0.25) is 5.32 Å². The van der Waals surface area contributed by atoms with Crippen molar-refractivity contribution in [3.05, 3.63) is 36.5 Å². The molecule has 0 unspecified atom stereocenters. The fraction of sp³-hybridized carbons (Fsp3) is 0.444. The van der Waals surface area contributed by atoms with Crippen LogP contribution >= 0.6 is 0 Å². The van der Waals surface area contributed by atoms with Crippen molar-refractivity contribution < 1.29 is 4.79 Å². The van der Waals surface area contributed by atoms with Crippen LogP contribution in [-0.4, -0.2) is 27.3 Å². The Bertz CT molecular complexity index is 681. The molecule has 1 aliphatic carbocycles. The van der Waals surface area contributed by atoms with Gasteiger partial charge in [-0.25, -0.2) is 9.78 Å². The maximum Gasteiger partial charge on any atom is 0.321 e. The molecule has 1 aromatic carbocycles. The van der Waals surface area contributed by atoms with E-state index < -0.39 is 0 Å². The SMILES string of the molecule is C[C@H]1CCC[C@H](C)C1NC(=O)Nc1nncc(-c2ccccc2)n1. The molecule has 0 spiro atoms. The van der Waals surface area contributed by atoms with Crippen LogP contribution < -0.4 is 10.6 Å². The number of benzene rings is 1. The van der Waals surface area contributed by atoms with E-state index in [1.54, 1.807) is 6.20 Å². The Morgan fingerprint density at radius 2 is 1.83 bits per heavy atom. The molecule has 2 amide bonds. The fourth-order valence-corrected chi connectivity index (χ4v) is 3.36. The highest BCUT2D eigenvalue weighted by molar-refractivity contribution is 5.87. The molecule has 126 valence electrons. The summed E-state index contributed by atoms with van der Waals surface area (Å²) in [6, 6.07) is 9.61.